The van der Waals surface area contributed by atoms with E-state index in [2.05, 4.69) is 15.3 Å². The first-order valence-electron chi connectivity index (χ1n) is 12.6. The van der Waals surface area contributed by atoms with Gasteiger partial charge in [0.15, 0.2) is 16.7 Å². The highest BCUT2D eigenvalue weighted by molar-refractivity contribution is 7.99. The van der Waals surface area contributed by atoms with Gasteiger partial charge in [0, 0.05) is 34.7 Å². The van der Waals surface area contributed by atoms with Gasteiger partial charge in [0.1, 0.15) is 6.04 Å². The number of anilines is 1. The van der Waals surface area contributed by atoms with Gasteiger partial charge >= 0.3 is 0 Å². The van der Waals surface area contributed by atoms with Crippen molar-refractivity contribution >= 4 is 40.9 Å². The van der Waals surface area contributed by atoms with Crippen LogP contribution in [0.25, 0.3) is 0 Å². The average molecular weight is 575 g/mol. The molecule has 1 N–H and O–H groups in total. The molecule has 0 fully saturated rings. The Bertz CT molecular complexity index is 1500. The van der Waals surface area contributed by atoms with Crippen LogP contribution < -0.4 is 14.8 Å². The Hall–Kier alpha value is -4.08. The van der Waals surface area contributed by atoms with Crippen LogP contribution in [0.1, 0.15) is 28.6 Å². The third-order valence-corrected chi connectivity index (χ3v) is 7.27. The van der Waals surface area contributed by atoms with Crippen LogP contribution in [-0.4, -0.2) is 39.2 Å². The van der Waals surface area contributed by atoms with E-state index in [-0.39, 0.29) is 30.9 Å². The number of benzene rings is 3. The Morgan fingerprint density at radius 1 is 0.950 bits per heavy atom. The monoisotopic (exact) mass is 574 g/mol. The minimum Gasteiger partial charge on any atom is -0.454 e. The quantitative estimate of drug-likeness (QED) is 0.194. The van der Waals surface area contributed by atoms with Crippen LogP contribution in [0.15, 0.2) is 84.0 Å². The first-order valence-corrected chi connectivity index (χ1v) is 14.0. The predicted octanol–water partition coefficient (Wildman–Crippen LogP) is 5.98. The number of nitrogens with zero attached hydrogens (tertiary/aromatic N) is 3. The molecule has 0 bridgehead atoms. The Kier molecular flexibility index (Phi) is 8.52. The summed E-state index contributed by atoms with van der Waals surface area (Å²) in [6.45, 7) is 4.10. The number of amides is 2. The number of rotatable bonds is 9. The van der Waals surface area contributed by atoms with Crippen molar-refractivity contribution < 1.29 is 19.1 Å². The van der Waals surface area contributed by atoms with Gasteiger partial charge in [-0.2, -0.15) is 0 Å². The van der Waals surface area contributed by atoms with Gasteiger partial charge in [0.2, 0.25) is 12.7 Å². The Balaban J connectivity index is 1.46. The molecule has 0 saturated heterocycles. The summed E-state index contributed by atoms with van der Waals surface area (Å²) in [5, 5.41) is 4.07. The van der Waals surface area contributed by atoms with E-state index in [1.54, 1.807) is 35.2 Å². The third kappa shape index (κ3) is 6.73. The lowest BCUT2D eigenvalue weighted by Crippen LogP contribution is -2.41. The zero-order valence-corrected chi connectivity index (χ0v) is 23.5. The number of aromatic nitrogens is 2. The Morgan fingerprint density at radius 2 is 1.65 bits per heavy atom. The van der Waals surface area contributed by atoms with Crippen molar-refractivity contribution in [3.8, 4) is 11.5 Å². The van der Waals surface area contributed by atoms with Crippen molar-refractivity contribution in [2.75, 3.05) is 17.9 Å². The molecule has 1 aliphatic heterocycles. The molecular formula is C30H27ClN4O4S. The molecule has 5 rings (SSSR count). The summed E-state index contributed by atoms with van der Waals surface area (Å²) >= 11 is 7.36. The number of carbonyl (C=O) groups excluding carboxylic acids is 2. The molecule has 2 heterocycles. The molecule has 1 aliphatic rings. The molecule has 1 atom stereocenters. The fraction of sp³-hybridized carbons (Fsp3) is 0.200. The zero-order chi connectivity index (χ0) is 28.1. The van der Waals surface area contributed by atoms with Crippen molar-refractivity contribution in [3.63, 3.8) is 0 Å². The second-order valence-electron chi connectivity index (χ2n) is 9.24. The van der Waals surface area contributed by atoms with Crippen LogP contribution in [-0.2, 0) is 16.1 Å². The second kappa shape index (κ2) is 12.4. The maximum Gasteiger partial charge on any atom is 0.251 e. The van der Waals surface area contributed by atoms with E-state index in [9.17, 15) is 9.59 Å². The minimum absolute atomic E-state index is 0.0527. The van der Waals surface area contributed by atoms with Gasteiger partial charge in [0.25, 0.3) is 5.91 Å². The maximum absolute atomic E-state index is 13.9. The molecule has 0 saturated carbocycles. The van der Waals surface area contributed by atoms with Crippen LogP contribution in [0.3, 0.4) is 0 Å². The van der Waals surface area contributed by atoms with Gasteiger partial charge in [-0.3, -0.25) is 9.59 Å². The van der Waals surface area contributed by atoms with E-state index in [0.29, 0.717) is 32.9 Å². The van der Waals surface area contributed by atoms with Gasteiger partial charge in [-0.05, 0) is 55.3 Å². The number of ether oxygens (including phenoxy) is 2. The molecule has 0 radical (unpaired) electrons. The molecule has 10 heteroatoms. The van der Waals surface area contributed by atoms with Gasteiger partial charge in [0.05, 0.1) is 5.75 Å². The van der Waals surface area contributed by atoms with E-state index < -0.39 is 6.04 Å². The number of halogens is 1. The number of carbonyl (C=O) groups is 2. The lowest BCUT2D eigenvalue weighted by atomic mass is 10.0. The molecule has 0 unspecified atom stereocenters. The van der Waals surface area contributed by atoms with Crippen molar-refractivity contribution in [1.29, 1.82) is 0 Å². The number of hydrogen-bond donors (Lipinski definition) is 1. The predicted molar refractivity (Wildman–Crippen MR) is 155 cm³/mol. The highest BCUT2D eigenvalue weighted by atomic mass is 35.5. The molecular weight excluding hydrogens is 548 g/mol. The van der Waals surface area contributed by atoms with Gasteiger partial charge in [-0.25, -0.2) is 9.97 Å². The smallest absolute Gasteiger partial charge is 0.251 e. The van der Waals surface area contributed by atoms with Crippen molar-refractivity contribution in [1.82, 2.24) is 14.9 Å². The normalized spacial score (nSPS) is 12.6. The largest absolute Gasteiger partial charge is 0.454 e. The second-order valence-corrected chi connectivity index (χ2v) is 10.6. The Morgan fingerprint density at radius 3 is 2.38 bits per heavy atom. The van der Waals surface area contributed by atoms with E-state index in [4.69, 9.17) is 21.1 Å². The molecule has 0 spiro atoms. The summed E-state index contributed by atoms with van der Waals surface area (Å²) in [6, 6.07) is 22.6. The maximum atomic E-state index is 13.9. The Labute approximate surface area is 241 Å². The minimum atomic E-state index is -0.921. The molecule has 3 aromatic carbocycles. The van der Waals surface area contributed by atoms with E-state index in [1.807, 2.05) is 62.4 Å². The number of aryl methyl sites for hydroxylation is 2. The number of thioether (sulfide) groups is 1. The van der Waals surface area contributed by atoms with Gasteiger partial charge < -0.3 is 19.7 Å². The van der Waals surface area contributed by atoms with Gasteiger partial charge in [-0.15, -0.1) is 0 Å². The molecule has 2 amide bonds. The van der Waals surface area contributed by atoms with Crippen LogP contribution in [0.2, 0.25) is 5.02 Å². The van der Waals surface area contributed by atoms with Crippen LogP contribution in [0.4, 0.5) is 5.69 Å². The summed E-state index contributed by atoms with van der Waals surface area (Å²) in [7, 11) is 0. The first kappa shape index (κ1) is 27.5. The van der Waals surface area contributed by atoms with Crippen LogP contribution >= 0.6 is 23.4 Å². The number of hydrogen-bond acceptors (Lipinski definition) is 7. The number of fused-ring (bicyclic) bond motifs is 1. The molecule has 1 aromatic heterocycles. The van der Waals surface area contributed by atoms with E-state index >= 15 is 0 Å². The summed E-state index contributed by atoms with van der Waals surface area (Å²) in [6.07, 6.45) is 0. The van der Waals surface area contributed by atoms with Crippen molar-refractivity contribution in [3.05, 3.63) is 106 Å². The molecule has 40 heavy (non-hydrogen) atoms. The third-order valence-electron chi connectivity index (χ3n) is 6.19. The molecule has 4 aromatic rings. The average Bonchev–Trinajstić information content (AvgIpc) is 3.41. The van der Waals surface area contributed by atoms with Crippen LogP contribution in [0.5, 0.6) is 11.5 Å². The highest BCUT2D eigenvalue weighted by Gasteiger charge is 2.32. The van der Waals surface area contributed by atoms with E-state index in [1.165, 1.54) is 11.8 Å². The van der Waals surface area contributed by atoms with Gasteiger partial charge in [-0.1, -0.05) is 65.8 Å². The lowest BCUT2D eigenvalue weighted by Gasteiger charge is -2.31. The zero-order valence-electron chi connectivity index (χ0n) is 22.0. The first-order chi connectivity index (χ1) is 19.4. The molecule has 0 aliphatic carbocycles. The molecule has 204 valence electrons. The molecule has 8 nitrogen and oxygen atoms in total. The van der Waals surface area contributed by atoms with Crippen LogP contribution in [0, 0.1) is 13.8 Å². The standard InChI is InChI=1S/C30H27ClN4O4S/c1-19-14-20(2)33-30(32-19)40-17-27(36)35(16-21-8-10-23(31)11-9-21)28(22-6-4-3-5-7-22)29(37)34-24-12-13-25-26(15-24)39-18-38-25/h3-15,28H,16-18H2,1-2H3,(H,34,37)/t28-/m1/s1. The van der Waals surface area contributed by atoms with Crippen molar-refractivity contribution in [2.45, 2.75) is 31.6 Å². The fourth-order valence-electron chi connectivity index (χ4n) is 4.37. The summed E-state index contributed by atoms with van der Waals surface area (Å²) in [5.41, 5.74) is 3.70. The SMILES string of the molecule is Cc1cc(C)nc(SCC(=O)N(Cc2ccc(Cl)cc2)[C@@H](C(=O)Nc2ccc3c(c2)OCO3)c2ccccc2)n1. The fourth-order valence-corrected chi connectivity index (χ4v) is 5.33. The topological polar surface area (TPSA) is 93.7 Å². The summed E-state index contributed by atoms with van der Waals surface area (Å²) in [5.74, 6) is 0.616. The summed E-state index contributed by atoms with van der Waals surface area (Å²) < 4.78 is 10.9. The number of nitrogens with one attached hydrogen (secondary N) is 1. The summed E-state index contributed by atoms with van der Waals surface area (Å²) in [4.78, 5) is 38.3. The lowest BCUT2D eigenvalue weighted by molar-refractivity contribution is -0.137. The highest BCUT2D eigenvalue weighted by Crippen LogP contribution is 2.35. The van der Waals surface area contributed by atoms with E-state index in [0.717, 1.165) is 17.0 Å². The van der Waals surface area contributed by atoms with Crippen molar-refractivity contribution in [2.24, 2.45) is 0 Å².